The van der Waals surface area contributed by atoms with Gasteiger partial charge in [0.2, 0.25) is 0 Å². The summed E-state index contributed by atoms with van der Waals surface area (Å²) in [7, 11) is -5.02. The summed E-state index contributed by atoms with van der Waals surface area (Å²) in [5.41, 5.74) is 0. The Morgan fingerprint density at radius 1 is 0.966 bits per heavy atom. The average molecular weight is 446 g/mol. The molecule has 0 amide bonds. The van der Waals surface area contributed by atoms with Crippen molar-refractivity contribution < 1.29 is 63.1 Å². The molecule has 0 aliphatic heterocycles. The highest BCUT2D eigenvalue weighted by Crippen LogP contribution is 2.47. The molecule has 13 nitrogen and oxygen atoms in total. The van der Waals surface area contributed by atoms with E-state index in [2.05, 4.69) is 9.05 Å². The van der Waals surface area contributed by atoms with Gasteiger partial charge in [-0.15, -0.1) is 0 Å². The van der Waals surface area contributed by atoms with Gasteiger partial charge in [-0.05, 0) is 6.42 Å². The van der Waals surface area contributed by atoms with Crippen molar-refractivity contribution in [2.24, 2.45) is 0 Å². The van der Waals surface area contributed by atoms with Gasteiger partial charge in [0.05, 0.1) is 6.61 Å². The topological polar surface area (TPSA) is 210 Å². The van der Waals surface area contributed by atoms with Gasteiger partial charge >= 0.3 is 19.8 Å². The van der Waals surface area contributed by atoms with E-state index in [0.29, 0.717) is 6.42 Å². The molecular formula is C15H27O13P. The van der Waals surface area contributed by atoms with Crippen LogP contribution in [0.2, 0.25) is 0 Å². The number of rotatable bonds is 10. The Balaban J connectivity index is 2.75. The predicted octanol–water partition coefficient (Wildman–Crippen LogP) is -2.42. The molecule has 1 aliphatic rings. The van der Waals surface area contributed by atoms with Crippen molar-refractivity contribution >= 4 is 19.8 Å². The molecule has 0 radical (unpaired) electrons. The number of aliphatic hydroxyl groups is 5. The number of ether oxygens (including phenoxy) is 2. The van der Waals surface area contributed by atoms with E-state index < -0.39 is 75.7 Å². The monoisotopic (exact) mass is 446 g/mol. The lowest BCUT2D eigenvalue weighted by molar-refractivity contribution is -0.220. The first-order valence-corrected chi connectivity index (χ1v) is 10.3. The van der Waals surface area contributed by atoms with Gasteiger partial charge < -0.3 is 39.9 Å². The number of esters is 2. The summed E-state index contributed by atoms with van der Waals surface area (Å²) in [6, 6.07) is 0. The van der Waals surface area contributed by atoms with E-state index in [-0.39, 0.29) is 6.42 Å². The Morgan fingerprint density at radius 2 is 1.48 bits per heavy atom. The summed E-state index contributed by atoms with van der Waals surface area (Å²) >= 11 is 0. The first-order chi connectivity index (χ1) is 13.4. The molecule has 0 aromatic rings. The Bertz CT molecular complexity index is 583. The lowest BCUT2D eigenvalue weighted by Crippen LogP contribution is -2.64. The predicted molar refractivity (Wildman–Crippen MR) is 92.1 cm³/mol. The van der Waals surface area contributed by atoms with Crippen molar-refractivity contribution in [1.82, 2.24) is 0 Å². The minimum atomic E-state index is -5.02. The van der Waals surface area contributed by atoms with Crippen LogP contribution in [-0.2, 0) is 32.7 Å². The second-order valence-corrected chi connectivity index (χ2v) is 7.86. The zero-order valence-corrected chi connectivity index (χ0v) is 16.8. The molecule has 0 aromatic heterocycles. The zero-order chi connectivity index (χ0) is 22.4. The molecule has 0 spiro atoms. The molecule has 6 unspecified atom stereocenters. The number of carbonyl (C=O) groups is 2. The van der Waals surface area contributed by atoms with Crippen LogP contribution in [0.5, 0.6) is 0 Å². The number of phosphoric acid groups is 1. The van der Waals surface area contributed by atoms with Gasteiger partial charge in [0.1, 0.15) is 43.2 Å². The van der Waals surface area contributed by atoms with Crippen molar-refractivity contribution in [3.63, 3.8) is 0 Å². The fourth-order valence-corrected chi connectivity index (χ4v) is 3.43. The van der Waals surface area contributed by atoms with Crippen molar-refractivity contribution in [3.05, 3.63) is 0 Å². The maximum absolute atomic E-state index is 12.1. The lowest BCUT2D eigenvalue weighted by Gasteiger charge is -2.41. The van der Waals surface area contributed by atoms with E-state index in [0.717, 1.165) is 6.92 Å². The molecule has 1 fully saturated rings. The molecule has 1 aliphatic carbocycles. The second-order valence-electron chi connectivity index (χ2n) is 6.45. The zero-order valence-electron chi connectivity index (χ0n) is 15.9. The van der Waals surface area contributed by atoms with Gasteiger partial charge in [-0.25, -0.2) is 4.57 Å². The molecule has 6 atom stereocenters. The number of phosphoric ester groups is 1. The van der Waals surface area contributed by atoms with Crippen molar-refractivity contribution in [3.8, 4) is 0 Å². The van der Waals surface area contributed by atoms with Gasteiger partial charge in [-0.1, -0.05) is 6.92 Å². The Kier molecular flexibility index (Phi) is 10.1. The average Bonchev–Trinajstić information content (AvgIpc) is 2.64. The lowest BCUT2D eigenvalue weighted by atomic mass is 9.85. The van der Waals surface area contributed by atoms with Crippen LogP contribution < -0.4 is 0 Å². The Labute approximate surface area is 166 Å². The summed E-state index contributed by atoms with van der Waals surface area (Å²) in [6.07, 6.45) is -12.6. The van der Waals surface area contributed by atoms with Crippen molar-refractivity contribution in [2.75, 3.05) is 13.2 Å². The molecule has 0 heterocycles. The first kappa shape index (κ1) is 25.9. The summed E-state index contributed by atoms with van der Waals surface area (Å²) in [6.45, 7) is 1.60. The first-order valence-electron chi connectivity index (χ1n) is 8.78. The highest BCUT2D eigenvalue weighted by molar-refractivity contribution is 7.47. The van der Waals surface area contributed by atoms with Gasteiger partial charge in [-0.3, -0.25) is 18.6 Å². The minimum Gasteiger partial charge on any atom is -0.462 e. The van der Waals surface area contributed by atoms with E-state index >= 15 is 0 Å². The third-order valence-corrected chi connectivity index (χ3v) is 4.96. The van der Waals surface area contributed by atoms with Crippen LogP contribution in [0.3, 0.4) is 0 Å². The van der Waals surface area contributed by atoms with Crippen LogP contribution in [-0.4, -0.2) is 98.3 Å². The van der Waals surface area contributed by atoms with Crippen LogP contribution in [0.25, 0.3) is 0 Å². The molecule has 0 saturated heterocycles. The Morgan fingerprint density at radius 3 is 1.97 bits per heavy atom. The third-order valence-electron chi connectivity index (χ3n) is 3.98. The van der Waals surface area contributed by atoms with Crippen LogP contribution in [0, 0.1) is 0 Å². The number of hydrogen-bond donors (Lipinski definition) is 6. The molecule has 1 rings (SSSR count). The minimum absolute atomic E-state index is 0.0441. The molecule has 1 saturated carbocycles. The molecule has 170 valence electrons. The molecule has 6 N–H and O–H groups in total. The number of hydrogen-bond acceptors (Lipinski definition) is 12. The highest BCUT2D eigenvalue weighted by Gasteiger charge is 2.51. The maximum atomic E-state index is 12.1. The van der Waals surface area contributed by atoms with Crippen LogP contribution in [0.15, 0.2) is 0 Å². The summed E-state index contributed by atoms with van der Waals surface area (Å²) in [5.74, 6) is -1.36. The Hall–Kier alpha value is -1.15. The van der Waals surface area contributed by atoms with Crippen LogP contribution >= 0.6 is 7.82 Å². The van der Waals surface area contributed by atoms with Crippen molar-refractivity contribution in [1.29, 1.82) is 0 Å². The summed E-state index contributed by atoms with van der Waals surface area (Å²) in [5, 5.41) is 48.4. The van der Waals surface area contributed by atoms with E-state index in [4.69, 9.17) is 9.47 Å². The molecular weight excluding hydrogens is 419 g/mol. The standard InChI is InChI=1S/C15H27O13P/c1-3-4-9(17)27-8(5-25-7(2)16)6-26-29(23,24)28-15-13(21)11(19)10(18)12(20)14(15)22/h8,10-15,18-22H,3-6H2,1-2H3,(H,23,24). The molecule has 0 aromatic carbocycles. The van der Waals surface area contributed by atoms with E-state index in [9.17, 15) is 44.6 Å². The van der Waals surface area contributed by atoms with E-state index in [1.807, 2.05) is 0 Å². The van der Waals surface area contributed by atoms with Gasteiger partial charge in [0.25, 0.3) is 0 Å². The summed E-state index contributed by atoms with van der Waals surface area (Å²) in [4.78, 5) is 32.3. The molecule has 14 heteroatoms. The molecule has 0 bridgehead atoms. The van der Waals surface area contributed by atoms with E-state index in [1.54, 1.807) is 6.92 Å². The normalized spacial score (nSPS) is 32.8. The van der Waals surface area contributed by atoms with Gasteiger partial charge in [0, 0.05) is 13.3 Å². The van der Waals surface area contributed by atoms with Gasteiger partial charge in [0.15, 0.2) is 6.10 Å². The third kappa shape index (κ3) is 7.89. The smallest absolute Gasteiger partial charge is 0.462 e. The molecule has 29 heavy (non-hydrogen) atoms. The van der Waals surface area contributed by atoms with E-state index in [1.165, 1.54) is 0 Å². The fraction of sp³-hybridized carbons (Fsp3) is 0.867. The SMILES string of the molecule is CCCC(=O)OC(COC(C)=O)COP(=O)(O)OC1C(O)C(O)C(O)C(O)C1O. The quantitative estimate of drug-likeness (QED) is 0.153. The second kappa shape index (κ2) is 11.3. The van der Waals surface area contributed by atoms with Crippen LogP contribution in [0.1, 0.15) is 26.7 Å². The van der Waals surface area contributed by atoms with Gasteiger partial charge in [-0.2, -0.15) is 0 Å². The largest absolute Gasteiger partial charge is 0.472 e. The fourth-order valence-electron chi connectivity index (χ4n) is 2.46. The maximum Gasteiger partial charge on any atom is 0.472 e. The number of carbonyl (C=O) groups excluding carboxylic acids is 2. The van der Waals surface area contributed by atoms with Crippen molar-refractivity contribution in [2.45, 2.75) is 69.4 Å². The number of aliphatic hydroxyl groups excluding tert-OH is 5. The summed E-state index contributed by atoms with van der Waals surface area (Å²) < 4.78 is 31.1. The highest BCUT2D eigenvalue weighted by atomic mass is 31.2. The van der Waals surface area contributed by atoms with Crippen LogP contribution in [0.4, 0.5) is 0 Å².